The highest BCUT2D eigenvalue weighted by Gasteiger charge is 2.04. The number of nitriles is 1. The molecule has 0 atom stereocenters. The smallest absolute Gasteiger partial charge is 0.220 e. The van der Waals surface area contributed by atoms with Gasteiger partial charge < -0.3 is 10.5 Å². The summed E-state index contributed by atoms with van der Waals surface area (Å²) in [5, 5.41) is 9.28. The van der Waals surface area contributed by atoms with E-state index in [0.717, 1.165) is 0 Å². The van der Waals surface area contributed by atoms with Gasteiger partial charge in [-0.05, 0) is 25.1 Å². The number of nitrogens with two attached hydrogens (primary N) is 1. The Bertz CT molecular complexity index is 635. The second-order valence-electron chi connectivity index (χ2n) is 3.73. The van der Waals surface area contributed by atoms with Crippen molar-refractivity contribution in [3.05, 3.63) is 46.6 Å². The number of aryl methyl sites for hydroxylation is 1. The standard InChI is InChI=1S/C13H10ClN3O/c1-8-4-9(7-15)5-13(17-8)18-10-2-3-12(16)11(14)6-10/h2-6H,16H2,1H3. The number of halogens is 1. The molecule has 0 saturated carbocycles. The molecule has 0 fully saturated rings. The summed E-state index contributed by atoms with van der Waals surface area (Å²) >= 11 is 5.89. The molecule has 2 N–H and O–H groups in total. The van der Waals surface area contributed by atoms with Gasteiger partial charge in [-0.1, -0.05) is 11.6 Å². The second kappa shape index (κ2) is 4.94. The lowest BCUT2D eigenvalue weighted by Crippen LogP contribution is -1.93. The molecule has 1 aromatic heterocycles. The van der Waals surface area contributed by atoms with Gasteiger partial charge in [0, 0.05) is 17.8 Å². The van der Waals surface area contributed by atoms with Gasteiger partial charge in [0.25, 0.3) is 0 Å². The van der Waals surface area contributed by atoms with E-state index in [1.807, 2.05) is 6.07 Å². The summed E-state index contributed by atoms with van der Waals surface area (Å²) in [6.45, 7) is 1.80. The quantitative estimate of drug-likeness (QED) is 0.840. The maximum absolute atomic E-state index is 8.86. The maximum atomic E-state index is 8.86. The van der Waals surface area contributed by atoms with Crippen LogP contribution in [0.2, 0.25) is 5.02 Å². The molecule has 4 nitrogen and oxygen atoms in total. The molecule has 5 heteroatoms. The molecule has 0 saturated heterocycles. The number of hydrogen-bond acceptors (Lipinski definition) is 4. The molecule has 2 rings (SSSR count). The number of hydrogen-bond donors (Lipinski definition) is 1. The summed E-state index contributed by atoms with van der Waals surface area (Å²) < 4.78 is 5.54. The first kappa shape index (κ1) is 12.2. The Kier molecular flexibility index (Phi) is 3.35. The zero-order valence-electron chi connectivity index (χ0n) is 9.64. The van der Waals surface area contributed by atoms with E-state index < -0.39 is 0 Å². The average Bonchev–Trinajstić information content (AvgIpc) is 2.33. The Morgan fingerprint density at radius 2 is 2.11 bits per heavy atom. The van der Waals surface area contributed by atoms with Gasteiger partial charge in [0.15, 0.2) is 0 Å². The van der Waals surface area contributed by atoms with E-state index in [2.05, 4.69) is 4.98 Å². The number of rotatable bonds is 2. The van der Waals surface area contributed by atoms with E-state index in [0.29, 0.717) is 33.6 Å². The van der Waals surface area contributed by atoms with E-state index in [1.165, 1.54) is 0 Å². The van der Waals surface area contributed by atoms with Gasteiger partial charge in [0.2, 0.25) is 5.88 Å². The molecule has 18 heavy (non-hydrogen) atoms. The summed E-state index contributed by atoms with van der Waals surface area (Å²) in [6.07, 6.45) is 0. The van der Waals surface area contributed by atoms with Crippen LogP contribution in [0.4, 0.5) is 5.69 Å². The lowest BCUT2D eigenvalue weighted by atomic mass is 10.2. The van der Waals surface area contributed by atoms with Crippen LogP contribution in [0.15, 0.2) is 30.3 Å². The summed E-state index contributed by atoms with van der Waals surface area (Å²) in [5.74, 6) is 0.878. The minimum atomic E-state index is 0.354. The van der Waals surface area contributed by atoms with Crippen molar-refractivity contribution in [1.82, 2.24) is 4.98 Å². The van der Waals surface area contributed by atoms with Crippen LogP contribution in [0.5, 0.6) is 11.6 Å². The molecule has 90 valence electrons. The lowest BCUT2D eigenvalue weighted by Gasteiger charge is -2.07. The fraction of sp³-hybridized carbons (Fsp3) is 0.0769. The van der Waals surface area contributed by atoms with Crippen LogP contribution >= 0.6 is 11.6 Å². The number of nitrogen functional groups attached to an aromatic ring is 1. The Morgan fingerprint density at radius 3 is 2.78 bits per heavy atom. The van der Waals surface area contributed by atoms with Crippen molar-refractivity contribution in [2.75, 3.05) is 5.73 Å². The normalized spacial score (nSPS) is 9.83. The van der Waals surface area contributed by atoms with Gasteiger partial charge in [0.1, 0.15) is 5.75 Å². The molecule has 0 radical (unpaired) electrons. The van der Waals surface area contributed by atoms with Gasteiger partial charge >= 0.3 is 0 Å². The summed E-state index contributed by atoms with van der Waals surface area (Å²) in [6, 6.07) is 10.2. The number of anilines is 1. The minimum Gasteiger partial charge on any atom is -0.439 e. The van der Waals surface area contributed by atoms with Gasteiger partial charge in [-0.3, -0.25) is 0 Å². The lowest BCUT2D eigenvalue weighted by molar-refractivity contribution is 0.461. The zero-order valence-corrected chi connectivity index (χ0v) is 10.4. The summed E-state index contributed by atoms with van der Waals surface area (Å²) in [5.41, 5.74) is 7.30. The predicted molar refractivity (Wildman–Crippen MR) is 69.6 cm³/mol. The zero-order chi connectivity index (χ0) is 13.1. The van der Waals surface area contributed by atoms with Crippen molar-refractivity contribution >= 4 is 17.3 Å². The first-order valence-corrected chi connectivity index (χ1v) is 5.58. The molecule has 0 aliphatic heterocycles. The first-order chi connectivity index (χ1) is 8.58. The Hall–Kier alpha value is -2.25. The summed E-state index contributed by atoms with van der Waals surface area (Å²) in [4.78, 5) is 4.18. The van der Waals surface area contributed by atoms with Crippen LogP contribution in [0.1, 0.15) is 11.3 Å². The molecule has 2 aromatic rings. The van der Waals surface area contributed by atoms with Crippen molar-refractivity contribution in [2.24, 2.45) is 0 Å². The number of ether oxygens (including phenoxy) is 1. The van der Waals surface area contributed by atoms with E-state index >= 15 is 0 Å². The molecule has 0 spiro atoms. The van der Waals surface area contributed by atoms with Crippen molar-refractivity contribution in [3.63, 3.8) is 0 Å². The monoisotopic (exact) mass is 259 g/mol. The third kappa shape index (κ3) is 2.70. The Morgan fingerprint density at radius 1 is 1.33 bits per heavy atom. The Balaban J connectivity index is 2.31. The molecule has 1 heterocycles. The van der Waals surface area contributed by atoms with Crippen LogP contribution < -0.4 is 10.5 Å². The SMILES string of the molecule is Cc1cc(C#N)cc(Oc2ccc(N)c(Cl)c2)n1. The van der Waals surface area contributed by atoms with Crippen molar-refractivity contribution < 1.29 is 4.74 Å². The van der Waals surface area contributed by atoms with Crippen molar-refractivity contribution in [2.45, 2.75) is 6.92 Å². The molecular formula is C13H10ClN3O. The Labute approximate surface area is 110 Å². The van der Waals surface area contributed by atoms with E-state index in [4.69, 9.17) is 27.3 Å². The van der Waals surface area contributed by atoms with Crippen molar-refractivity contribution in [3.8, 4) is 17.7 Å². The molecule has 0 aliphatic carbocycles. The number of aromatic nitrogens is 1. The number of benzene rings is 1. The van der Waals surface area contributed by atoms with Gasteiger partial charge in [-0.2, -0.15) is 5.26 Å². The highest BCUT2D eigenvalue weighted by molar-refractivity contribution is 6.33. The fourth-order valence-electron chi connectivity index (χ4n) is 1.45. The first-order valence-electron chi connectivity index (χ1n) is 5.20. The topological polar surface area (TPSA) is 71.9 Å². The van der Waals surface area contributed by atoms with Gasteiger partial charge in [0.05, 0.1) is 22.3 Å². The molecule has 0 bridgehead atoms. The van der Waals surface area contributed by atoms with E-state index in [9.17, 15) is 0 Å². The highest BCUT2D eigenvalue weighted by atomic mass is 35.5. The molecule has 0 aliphatic rings. The second-order valence-corrected chi connectivity index (χ2v) is 4.14. The van der Waals surface area contributed by atoms with Crippen LogP contribution in [-0.4, -0.2) is 4.98 Å². The molecule has 0 unspecified atom stereocenters. The fourth-order valence-corrected chi connectivity index (χ4v) is 1.62. The van der Waals surface area contributed by atoms with Crippen LogP contribution in [0.25, 0.3) is 0 Å². The van der Waals surface area contributed by atoms with Crippen LogP contribution in [0, 0.1) is 18.3 Å². The third-order valence-corrected chi connectivity index (χ3v) is 2.58. The average molecular weight is 260 g/mol. The third-order valence-electron chi connectivity index (χ3n) is 2.25. The molecular weight excluding hydrogens is 250 g/mol. The minimum absolute atomic E-state index is 0.354. The van der Waals surface area contributed by atoms with Crippen molar-refractivity contribution in [1.29, 1.82) is 5.26 Å². The van der Waals surface area contributed by atoms with E-state index in [1.54, 1.807) is 37.3 Å². The largest absolute Gasteiger partial charge is 0.439 e. The highest BCUT2D eigenvalue weighted by Crippen LogP contribution is 2.27. The number of pyridine rings is 1. The number of nitrogens with zero attached hydrogens (tertiary/aromatic N) is 2. The van der Waals surface area contributed by atoms with Gasteiger partial charge in [-0.15, -0.1) is 0 Å². The predicted octanol–water partition coefficient (Wildman–Crippen LogP) is 3.29. The van der Waals surface area contributed by atoms with Gasteiger partial charge in [-0.25, -0.2) is 4.98 Å². The van der Waals surface area contributed by atoms with Crippen LogP contribution in [-0.2, 0) is 0 Å². The summed E-state index contributed by atoms with van der Waals surface area (Å²) in [7, 11) is 0. The maximum Gasteiger partial charge on any atom is 0.220 e. The van der Waals surface area contributed by atoms with E-state index in [-0.39, 0.29) is 0 Å². The molecule has 0 amide bonds. The van der Waals surface area contributed by atoms with Crippen LogP contribution in [0.3, 0.4) is 0 Å². The molecule has 1 aromatic carbocycles.